The molecule has 27 heavy (non-hydrogen) atoms. The number of hydrogen-bond acceptors (Lipinski definition) is 5. The van der Waals surface area contributed by atoms with Crippen LogP contribution in [0.15, 0.2) is 35.6 Å². The van der Waals surface area contributed by atoms with E-state index in [1.54, 1.807) is 0 Å². The van der Waals surface area contributed by atoms with Crippen LogP contribution in [0.2, 0.25) is 5.02 Å². The highest BCUT2D eigenvalue weighted by molar-refractivity contribution is 6.36. The van der Waals surface area contributed by atoms with Crippen LogP contribution < -0.4 is 10.1 Å². The van der Waals surface area contributed by atoms with Crippen molar-refractivity contribution in [3.63, 3.8) is 0 Å². The fourth-order valence-electron chi connectivity index (χ4n) is 2.67. The van der Waals surface area contributed by atoms with Crippen molar-refractivity contribution < 1.29 is 18.3 Å². The molecule has 1 aliphatic heterocycles. The third kappa shape index (κ3) is 3.52. The van der Waals surface area contributed by atoms with E-state index >= 15 is 0 Å². The van der Waals surface area contributed by atoms with E-state index in [1.807, 2.05) is 6.92 Å². The predicted molar refractivity (Wildman–Crippen MR) is 98.6 cm³/mol. The first kappa shape index (κ1) is 17.5. The molecule has 0 saturated heterocycles. The zero-order valence-corrected chi connectivity index (χ0v) is 15.0. The molecule has 0 spiro atoms. The number of pyridine rings is 1. The quantitative estimate of drug-likeness (QED) is 0.676. The average molecular weight is 393 g/mol. The minimum atomic E-state index is -0.876. The summed E-state index contributed by atoms with van der Waals surface area (Å²) >= 11 is 6.09. The maximum absolute atomic E-state index is 14.5. The number of aromatic amines is 1. The number of fused-ring (bicyclic) bond motifs is 1. The second kappa shape index (κ2) is 7.03. The van der Waals surface area contributed by atoms with Crippen molar-refractivity contribution in [3.8, 4) is 11.5 Å². The van der Waals surface area contributed by atoms with Crippen LogP contribution in [0.3, 0.4) is 0 Å². The van der Waals surface area contributed by atoms with Crippen LogP contribution in [-0.4, -0.2) is 29.1 Å². The summed E-state index contributed by atoms with van der Waals surface area (Å²) < 4.78 is 39.9. The highest BCUT2D eigenvalue weighted by atomic mass is 35.5. The molecule has 1 aliphatic rings. The summed E-state index contributed by atoms with van der Waals surface area (Å²) in [7, 11) is 0. The molecule has 9 heteroatoms. The van der Waals surface area contributed by atoms with Gasteiger partial charge in [0, 0.05) is 36.1 Å². The third-order valence-electron chi connectivity index (χ3n) is 4.00. The van der Waals surface area contributed by atoms with Crippen LogP contribution in [0.4, 0.5) is 14.5 Å². The summed E-state index contributed by atoms with van der Waals surface area (Å²) in [5.41, 5.74) is 0.628. The first-order valence-electron chi connectivity index (χ1n) is 8.24. The molecular formula is C18H15ClF2N4O2. The molecule has 6 nitrogen and oxygen atoms in total. The van der Waals surface area contributed by atoms with Gasteiger partial charge in [-0.2, -0.15) is 0 Å². The fourth-order valence-corrected chi connectivity index (χ4v) is 2.91. The van der Waals surface area contributed by atoms with Gasteiger partial charge in [-0.05, 0) is 6.07 Å². The molecule has 3 heterocycles. The van der Waals surface area contributed by atoms with Crippen molar-refractivity contribution in [1.82, 2.24) is 9.97 Å². The molecule has 1 atom stereocenters. The molecule has 0 unspecified atom stereocenters. The number of anilines is 1. The van der Waals surface area contributed by atoms with Crippen molar-refractivity contribution in [1.29, 1.82) is 0 Å². The number of aliphatic imine (C=N–C) groups is 1. The second-order valence-electron chi connectivity index (χ2n) is 6.23. The Labute approximate surface area is 158 Å². The van der Waals surface area contributed by atoms with E-state index < -0.39 is 17.4 Å². The summed E-state index contributed by atoms with van der Waals surface area (Å²) in [5.74, 6) is -1.79. The Morgan fingerprint density at radius 1 is 1.33 bits per heavy atom. The first-order valence-corrected chi connectivity index (χ1v) is 8.62. The van der Waals surface area contributed by atoms with Crippen LogP contribution >= 0.6 is 11.6 Å². The fraction of sp³-hybridized carbons (Fsp3) is 0.222. The van der Waals surface area contributed by atoms with Crippen molar-refractivity contribution >= 4 is 34.3 Å². The van der Waals surface area contributed by atoms with E-state index in [1.165, 1.54) is 18.5 Å². The lowest BCUT2D eigenvalue weighted by Gasteiger charge is -2.19. The van der Waals surface area contributed by atoms with Gasteiger partial charge in [0.15, 0.2) is 17.4 Å². The van der Waals surface area contributed by atoms with Gasteiger partial charge in [-0.15, -0.1) is 0 Å². The Morgan fingerprint density at radius 3 is 2.81 bits per heavy atom. The number of nitrogens with zero attached hydrogens (tertiary/aromatic N) is 2. The summed E-state index contributed by atoms with van der Waals surface area (Å²) in [4.78, 5) is 11.1. The lowest BCUT2D eigenvalue weighted by Crippen LogP contribution is -2.26. The van der Waals surface area contributed by atoms with Crippen LogP contribution in [0.5, 0.6) is 11.5 Å². The maximum atomic E-state index is 14.5. The molecule has 0 aliphatic carbocycles. The Kier molecular flexibility index (Phi) is 4.57. The van der Waals surface area contributed by atoms with Crippen LogP contribution in [-0.2, 0) is 4.74 Å². The van der Waals surface area contributed by atoms with Crippen LogP contribution in [0, 0.1) is 17.6 Å². The van der Waals surface area contributed by atoms with Gasteiger partial charge in [-0.1, -0.05) is 18.5 Å². The molecule has 4 rings (SSSR count). The minimum Gasteiger partial charge on any atom is -0.465 e. The van der Waals surface area contributed by atoms with E-state index in [0.717, 1.165) is 12.1 Å². The summed E-state index contributed by atoms with van der Waals surface area (Å²) in [6.07, 6.45) is 2.98. The molecule has 0 bridgehead atoms. The number of halogens is 3. The number of H-pyrrole nitrogens is 1. The van der Waals surface area contributed by atoms with E-state index in [2.05, 4.69) is 20.3 Å². The summed E-state index contributed by atoms with van der Waals surface area (Å²) in [5, 5.41) is 3.55. The zero-order valence-electron chi connectivity index (χ0n) is 14.2. The normalized spacial score (nSPS) is 16.7. The molecular weight excluding hydrogens is 378 g/mol. The molecule has 3 aromatic rings. The average Bonchev–Trinajstić information content (AvgIpc) is 3.02. The maximum Gasteiger partial charge on any atom is 0.289 e. The second-order valence-corrected chi connectivity index (χ2v) is 6.63. The first-order chi connectivity index (χ1) is 13.0. The molecule has 0 fully saturated rings. The van der Waals surface area contributed by atoms with Crippen molar-refractivity contribution in [2.75, 3.05) is 18.5 Å². The zero-order chi connectivity index (χ0) is 19.0. The number of rotatable bonds is 3. The third-order valence-corrected chi connectivity index (χ3v) is 4.30. The van der Waals surface area contributed by atoms with Gasteiger partial charge in [0.1, 0.15) is 11.4 Å². The van der Waals surface area contributed by atoms with Gasteiger partial charge >= 0.3 is 0 Å². The number of hydrogen-bond donors (Lipinski definition) is 2. The van der Waals surface area contributed by atoms with E-state index in [4.69, 9.17) is 21.1 Å². The summed E-state index contributed by atoms with van der Waals surface area (Å²) in [6, 6.07) is 3.94. The van der Waals surface area contributed by atoms with Crippen molar-refractivity contribution in [2.45, 2.75) is 6.92 Å². The lowest BCUT2D eigenvalue weighted by atomic mass is 10.2. The standard InChI is InChI=1S/C18H15ClF2N4O2/c1-9-6-24-18(26-8-9)25-10-4-12(20)16(13(21)5-10)27-14-2-3-22-17-15(14)11(19)7-23-17/h2-5,7,9H,6,8H2,1H3,(H,22,23)(H,24,25)/t9-/m1/s1. The predicted octanol–water partition coefficient (Wildman–Crippen LogP) is 4.72. The van der Waals surface area contributed by atoms with Gasteiger partial charge < -0.3 is 19.8 Å². The molecule has 2 aromatic heterocycles. The van der Waals surface area contributed by atoms with E-state index in [-0.39, 0.29) is 17.5 Å². The van der Waals surface area contributed by atoms with Gasteiger partial charge in [0.05, 0.1) is 23.6 Å². The topological polar surface area (TPSA) is 71.5 Å². The molecule has 140 valence electrons. The van der Waals surface area contributed by atoms with Gasteiger partial charge in [-0.3, -0.25) is 0 Å². The molecule has 0 amide bonds. The number of aromatic nitrogens is 2. The summed E-state index contributed by atoms with van der Waals surface area (Å²) in [6.45, 7) is 3.08. The molecule has 0 radical (unpaired) electrons. The number of ether oxygens (including phenoxy) is 2. The van der Waals surface area contributed by atoms with E-state index in [9.17, 15) is 8.78 Å². The Morgan fingerprint density at radius 2 is 2.11 bits per heavy atom. The SMILES string of the molecule is C[C@@H]1CN=C(Nc2cc(F)c(Oc3ccnc4[nH]cc(Cl)c34)c(F)c2)OC1. The van der Waals surface area contributed by atoms with Crippen LogP contribution in [0.25, 0.3) is 11.0 Å². The van der Waals surface area contributed by atoms with Gasteiger partial charge in [0.25, 0.3) is 6.02 Å². The lowest BCUT2D eigenvalue weighted by molar-refractivity contribution is 0.230. The highest BCUT2D eigenvalue weighted by Gasteiger charge is 2.19. The van der Waals surface area contributed by atoms with E-state index in [0.29, 0.717) is 35.1 Å². The molecule has 0 saturated carbocycles. The number of benzene rings is 1. The number of amidine groups is 1. The van der Waals surface area contributed by atoms with Crippen molar-refractivity contribution in [2.24, 2.45) is 10.9 Å². The van der Waals surface area contributed by atoms with Gasteiger partial charge in [-0.25, -0.2) is 18.8 Å². The smallest absolute Gasteiger partial charge is 0.289 e. The monoisotopic (exact) mass is 392 g/mol. The molecule has 2 N–H and O–H groups in total. The molecule has 1 aromatic carbocycles. The Bertz CT molecular complexity index is 1010. The van der Waals surface area contributed by atoms with Gasteiger partial charge in [0.2, 0.25) is 0 Å². The largest absolute Gasteiger partial charge is 0.465 e. The highest BCUT2D eigenvalue weighted by Crippen LogP contribution is 2.36. The van der Waals surface area contributed by atoms with Crippen LogP contribution in [0.1, 0.15) is 6.92 Å². The number of nitrogens with one attached hydrogen (secondary N) is 2. The Hall–Kier alpha value is -2.87. The van der Waals surface area contributed by atoms with Crippen molar-refractivity contribution in [3.05, 3.63) is 47.2 Å². The minimum absolute atomic E-state index is 0.171. The Balaban J connectivity index is 1.61.